The minimum atomic E-state index is 0.606. The zero-order valence-electron chi connectivity index (χ0n) is 13.3. The third-order valence-corrected chi connectivity index (χ3v) is 3.49. The lowest BCUT2D eigenvalue weighted by atomic mass is 9.96. The van der Waals surface area contributed by atoms with E-state index in [0.717, 1.165) is 28.2 Å². The third kappa shape index (κ3) is 3.17. The maximum atomic E-state index is 6.01. The van der Waals surface area contributed by atoms with Crippen molar-refractivity contribution in [1.29, 1.82) is 0 Å². The number of nitrogens with two attached hydrogens (primary N) is 1. The number of rotatable bonds is 5. The van der Waals surface area contributed by atoms with E-state index in [1.807, 2.05) is 49.4 Å². The molecular weight excluding hydrogens is 278 g/mol. The first-order valence-corrected chi connectivity index (χ1v) is 6.96. The van der Waals surface area contributed by atoms with Gasteiger partial charge in [0, 0.05) is 6.07 Å². The largest absolute Gasteiger partial charge is 0.497 e. The molecule has 0 aliphatic carbocycles. The molecule has 22 heavy (non-hydrogen) atoms. The molecule has 2 aromatic rings. The van der Waals surface area contributed by atoms with Crippen LogP contribution in [0.1, 0.15) is 18.1 Å². The summed E-state index contributed by atoms with van der Waals surface area (Å²) in [7, 11) is 4.88. The van der Waals surface area contributed by atoms with Crippen molar-refractivity contribution in [3.8, 4) is 17.2 Å². The Bertz CT molecular complexity index is 670. The number of ether oxygens (including phenoxy) is 3. The Morgan fingerprint density at radius 1 is 0.864 bits per heavy atom. The Kier molecular flexibility index (Phi) is 4.94. The summed E-state index contributed by atoms with van der Waals surface area (Å²) in [4.78, 5) is 0. The van der Waals surface area contributed by atoms with E-state index in [4.69, 9.17) is 19.9 Å². The molecule has 0 aliphatic rings. The number of allylic oxidation sites excluding steroid dienone is 1. The summed E-state index contributed by atoms with van der Waals surface area (Å²) in [6.45, 7) is 1.99. The fourth-order valence-electron chi connectivity index (χ4n) is 2.36. The molecule has 0 atom stereocenters. The van der Waals surface area contributed by atoms with Gasteiger partial charge in [0.15, 0.2) is 0 Å². The van der Waals surface area contributed by atoms with E-state index in [2.05, 4.69) is 0 Å². The summed E-state index contributed by atoms with van der Waals surface area (Å²) in [5.74, 6) is 2.16. The first-order valence-electron chi connectivity index (χ1n) is 6.96. The van der Waals surface area contributed by atoms with Crippen LogP contribution in [0.3, 0.4) is 0 Å². The van der Waals surface area contributed by atoms with E-state index >= 15 is 0 Å². The molecule has 2 N–H and O–H groups in total. The van der Waals surface area contributed by atoms with Crippen LogP contribution in [-0.2, 0) is 0 Å². The fraction of sp³-hybridized carbons (Fsp3) is 0.222. The summed E-state index contributed by atoms with van der Waals surface area (Å²) >= 11 is 0. The fourth-order valence-corrected chi connectivity index (χ4v) is 2.36. The SMILES string of the molecule is CC=C(c1cc(OC)cc(OC)c1)c1ccc(OC)c(N)c1. The molecule has 0 unspecified atom stereocenters. The lowest BCUT2D eigenvalue weighted by molar-refractivity contribution is 0.394. The van der Waals surface area contributed by atoms with Crippen LogP contribution in [-0.4, -0.2) is 21.3 Å². The molecule has 4 heteroatoms. The quantitative estimate of drug-likeness (QED) is 0.854. The molecule has 2 aromatic carbocycles. The van der Waals surface area contributed by atoms with E-state index in [9.17, 15) is 0 Å². The molecule has 0 radical (unpaired) electrons. The Morgan fingerprint density at radius 3 is 1.95 bits per heavy atom. The highest BCUT2D eigenvalue weighted by atomic mass is 16.5. The van der Waals surface area contributed by atoms with Gasteiger partial charge >= 0.3 is 0 Å². The van der Waals surface area contributed by atoms with Crippen LogP contribution in [0.5, 0.6) is 17.2 Å². The van der Waals surface area contributed by atoms with Crippen molar-refractivity contribution < 1.29 is 14.2 Å². The molecule has 0 saturated carbocycles. The Labute approximate surface area is 131 Å². The van der Waals surface area contributed by atoms with Crippen molar-refractivity contribution in [3.05, 3.63) is 53.6 Å². The Balaban J connectivity index is 2.51. The van der Waals surface area contributed by atoms with Crippen LogP contribution < -0.4 is 19.9 Å². The monoisotopic (exact) mass is 299 g/mol. The Hall–Kier alpha value is -2.62. The van der Waals surface area contributed by atoms with E-state index in [1.165, 1.54) is 0 Å². The predicted molar refractivity (Wildman–Crippen MR) is 89.7 cm³/mol. The van der Waals surface area contributed by atoms with Crippen LogP contribution >= 0.6 is 0 Å². The average Bonchev–Trinajstić information content (AvgIpc) is 2.55. The van der Waals surface area contributed by atoms with Crippen molar-refractivity contribution >= 4 is 11.3 Å². The second kappa shape index (κ2) is 6.89. The van der Waals surface area contributed by atoms with Crippen LogP contribution in [0.25, 0.3) is 5.57 Å². The van der Waals surface area contributed by atoms with Crippen molar-refractivity contribution in [1.82, 2.24) is 0 Å². The molecule has 0 aromatic heterocycles. The molecule has 0 fully saturated rings. The maximum Gasteiger partial charge on any atom is 0.141 e. The van der Waals surface area contributed by atoms with E-state index in [0.29, 0.717) is 11.4 Å². The normalized spacial score (nSPS) is 11.2. The molecular formula is C18H21NO3. The zero-order chi connectivity index (χ0) is 16.1. The number of hydrogen-bond donors (Lipinski definition) is 1. The van der Waals surface area contributed by atoms with Gasteiger partial charge in [-0.05, 0) is 47.9 Å². The number of benzene rings is 2. The minimum absolute atomic E-state index is 0.606. The predicted octanol–water partition coefficient (Wildman–Crippen LogP) is 3.75. The molecule has 116 valence electrons. The van der Waals surface area contributed by atoms with Crippen LogP contribution in [0.4, 0.5) is 5.69 Å². The van der Waals surface area contributed by atoms with Gasteiger partial charge in [-0.1, -0.05) is 12.1 Å². The smallest absolute Gasteiger partial charge is 0.141 e. The summed E-state index contributed by atoms with van der Waals surface area (Å²) in [6.07, 6.45) is 2.04. The molecule has 4 nitrogen and oxygen atoms in total. The first kappa shape index (κ1) is 15.8. The zero-order valence-corrected chi connectivity index (χ0v) is 13.3. The van der Waals surface area contributed by atoms with Crippen LogP contribution in [0.2, 0.25) is 0 Å². The highest BCUT2D eigenvalue weighted by molar-refractivity contribution is 5.82. The maximum absolute atomic E-state index is 6.01. The second-order valence-corrected chi connectivity index (χ2v) is 4.76. The van der Waals surface area contributed by atoms with E-state index in [1.54, 1.807) is 21.3 Å². The number of methoxy groups -OCH3 is 3. The molecule has 0 spiro atoms. The van der Waals surface area contributed by atoms with E-state index in [-0.39, 0.29) is 0 Å². The van der Waals surface area contributed by atoms with Gasteiger partial charge in [-0.25, -0.2) is 0 Å². The summed E-state index contributed by atoms with van der Waals surface area (Å²) < 4.78 is 15.9. The van der Waals surface area contributed by atoms with Gasteiger partial charge < -0.3 is 19.9 Å². The Morgan fingerprint density at radius 2 is 1.50 bits per heavy atom. The molecule has 0 saturated heterocycles. The number of anilines is 1. The van der Waals surface area contributed by atoms with Gasteiger partial charge in [-0.3, -0.25) is 0 Å². The summed E-state index contributed by atoms with van der Waals surface area (Å²) in [5.41, 5.74) is 9.68. The van der Waals surface area contributed by atoms with Gasteiger partial charge in [-0.2, -0.15) is 0 Å². The van der Waals surface area contributed by atoms with Gasteiger partial charge in [0.2, 0.25) is 0 Å². The van der Waals surface area contributed by atoms with Gasteiger partial charge in [0.05, 0.1) is 27.0 Å². The number of nitrogen functional groups attached to an aromatic ring is 1. The lowest BCUT2D eigenvalue weighted by Crippen LogP contribution is -1.96. The molecule has 0 amide bonds. The second-order valence-electron chi connectivity index (χ2n) is 4.76. The van der Waals surface area contributed by atoms with Crippen molar-refractivity contribution in [2.75, 3.05) is 27.1 Å². The molecule has 2 rings (SSSR count). The van der Waals surface area contributed by atoms with Crippen LogP contribution in [0, 0.1) is 0 Å². The van der Waals surface area contributed by atoms with Gasteiger partial charge in [0.1, 0.15) is 17.2 Å². The summed E-state index contributed by atoms with van der Waals surface area (Å²) in [6, 6.07) is 11.5. The average molecular weight is 299 g/mol. The topological polar surface area (TPSA) is 53.7 Å². The molecule has 0 aliphatic heterocycles. The minimum Gasteiger partial charge on any atom is -0.497 e. The van der Waals surface area contributed by atoms with Crippen molar-refractivity contribution in [2.24, 2.45) is 0 Å². The number of hydrogen-bond acceptors (Lipinski definition) is 4. The summed E-state index contributed by atoms with van der Waals surface area (Å²) in [5, 5.41) is 0. The lowest BCUT2D eigenvalue weighted by Gasteiger charge is -2.13. The highest BCUT2D eigenvalue weighted by Gasteiger charge is 2.10. The third-order valence-electron chi connectivity index (χ3n) is 3.49. The molecule has 0 bridgehead atoms. The van der Waals surface area contributed by atoms with Crippen molar-refractivity contribution in [2.45, 2.75) is 6.92 Å². The van der Waals surface area contributed by atoms with Gasteiger partial charge in [0.25, 0.3) is 0 Å². The molecule has 0 heterocycles. The first-order chi connectivity index (χ1) is 10.6. The van der Waals surface area contributed by atoms with Gasteiger partial charge in [-0.15, -0.1) is 0 Å². The highest BCUT2D eigenvalue weighted by Crippen LogP contribution is 2.33. The van der Waals surface area contributed by atoms with Crippen molar-refractivity contribution in [3.63, 3.8) is 0 Å². The standard InChI is InChI=1S/C18H21NO3/c1-5-16(12-6-7-18(22-4)17(19)10-12)13-8-14(20-2)11-15(9-13)21-3/h5-11H,19H2,1-4H3. The van der Waals surface area contributed by atoms with Crippen LogP contribution in [0.15, 0.2) is 42.5 Å². The van der Waals surface area contributed by atoms with E-state index < -0.39 is 0 Å².